The predicted octanol–water partition coefficient (Wildman–Crippen LogP) is 3.65. The van der Waals surface area contributed by atoms with E-state index in [2.05, 4.69) is 10.6 Å². The third-order valence-corrected chi connectivity index (χ3v) is 5.16. The van der Waals surface area contributed by atoms with Crippen LogP contribution in [0.1, 0.15) is 59.1 Å². The molecule has 0 radical (unpaired) electrons. The maximum absolute atomic E-state index is 12.6. The molecule has 6 nitrogen and oxygen atoms in total. The number of anilines is 1. The second kappa shape index (κ2) is 8.85. The van der Waals surface area contributed by atoms with Gasteiger partial charge in [0.1, 0.15) is 0 Å². The number of hydrogen-bond acceptors (Lipinski definition) is 4. The molecule has 1 aromatic carbocycles. The number of nitrogens with zero attached hydrogens (tertiary/aromatic N) is 1. The number of nitrogens with one attached hydrogen (secondary N) is 2. The molecule has 1 aliphatic rings. The Morgan fingerprint density at radius 3 is 2.11 bits per heavy atom. The van der Waals surface area contributed by atoms with Crippen LogP contribution in [0.4, 0.5) is 5.69 Å². The van der Waals surface area contributed by atoms with Crippen LogP contribution in [-0.2, 0) is 9.59 Å². The van der Waals surface area contributed by atoms with E-state index in [-0.39, 0.29) is 24.3 Å². The maximum atomic E-state index is 12.6. The van der Waals surface area contributed by atoms with E-state index in [1.165, 1.54) is 5.06 Å². The average molecular weight is 378 g/mol. The van der Waals surface area contributed by atoms with Gasteiger partial charge in [-0.05, 0) is 59.1 Å². The normalized spacial score (nSPS) is 20.4. The van der Waals surface area contributed by atoms with Gasteiger partial charge in [-0.2, -0.15) is 5.06 Å². The van der Waals surface area contributed by atoms with E-state index < -0.39 is 11.1 Å². The summed E-state index contributed by atoms with van der Waals surface area (Å²) in [4.78, 5) is 24.8. The summed E-state index contributed by atoms with van der Waals surface area (Å²) in [5.74, 6) is -0.867. The number of para-hydroxylation sites is 1. The Kier molecular flexibility index (Phi) is 7.57. The first-order valence-electron chi connectivity index (χ1n) is 9.60. The molecule has 0 saturated carbocycles. The predicted molar refractivity (Wildman–Crippen MR) is 109 cm³/mol. The fraction of sp³-hybridized carbons (Fsp3) is 0.619. The van der Waals surface area contributed by atoms with Crippen LogP contribution in [0.3, 0.4) is 0 Å². The van der Waals surface area contributed by atoms with Crippen molar-refractivity contribution in [1.82, 2.24) is 10.4 Å². The summed E-state index contributed by atoms with van der Waals surface area (Å²) in [6.45, 7) is 15.2. The lowest BCUT2D eigenvalue weighted by molar-refractivity contribution is -0.197. The zero-order chi connectivity index (χ0) is 21.0. The Labute approximate surface area is 163 Å². The van der Waals surface area contributed by atoms with Crippen molar-refractivity contribution in [2.24, 2.45) is 5.92 Å². The lowest BCUT2D eigenvalue weighted by Crippen LogP contribution is -2.50. The summed E-state index contributed by atoms with van der Waals surface area (Å²) in [6, 6.07) is 5.80. The SMILES string of the molecule is CC.Cc1cccc(C)c1NC(=O)CNC(=O)C1CC(C)(C)N(O)C1(C)C. The number of carbonyl (C=O) groups excluding carboxylic acids is 2. The minimum atomic E-state index is -0.684. The van der Waals surface area contributed by atoms with Crippen LogP contribution < -0.4 is 10.6 Å². The number of benzene rings is 1. The first-order chi connectivity index (χ1) is 12.5. The molecule has 27 heavy (non-hydrogen) atoms. The molecule has 152 valence electrons. The summed E-state index contributed by atoms with van der Waals surface area (Å²) >= 11 is 0. The summed E-state index contributed by atoms with van der Waals surface area (Å²) < 4.78 is 0. The molecule has 2 rings (SSSR count). The van der Waals surface area contributed by atoms with Crippen LogP contribution >= 0.6 is 0 Å². The van der Waals surface area contributed by atoms with Crippen molar-refractivity contribution >= 4 is 17.5 Å². The summed E-state index contributed by atoms with van der Waals surface area (Å²) in [6.07, 6.45) is 0.529. The van der Waals surface area contributed by atoms with Gasteiger partial charge < -0.3 is 15.8 Å². The highest BCUT2D eigenvalue weighted by Gasteiger charge is 2.54. The van der Waals surface area contributed by atoms with Crippen molar-refractivity contribution in [3.8, 4) is 0 Å². The number of rotatable bonds is 4. The standard InChI is InChI=1S/C19H29N3O3.C2H6/c1-12-8-7-9-13(2)16(12)21-15(23)11-20-17(24)14-10-18(3,4)22(25)19(14,5)6;1-2/h7-9,14,25H,10-11H2,1-6H3,(H,20,24)(H,21,23);1-2H3. The van der Waals surface area contributed by atoms with E-state index in [4.69, 9.17) is 0 Å². The minimum absolute atomic E-state index is 0.0922. The van der Waals surface area contributed by atoms with Crippen molar-refractivity contribution in [1.29, 1.82) is 0 Å². The van der Waals surface area contributed by atoms with Gasteiger partial charge in [-0.25, -0.2) is 0 Å². The van der Waals surface area contributed by atoms with Gasteiger partial charge in [0.05, 0.1) is 18.0 Å². The second-order valence-corrected chi connectivity index (χ2v) is 8.07. The van der Waals surface area contributed by atoms with Gasteiger partial charge in [0.15, 0.2) is 0 Å². The molecular weight excluding hydrogens is 342 g/mol. The number of carbonyl (C=O) groups is 2. The Hall–Kier alpha value is -1.92. The molecule has 2 amide bonds. The molecular formula is C21H35N3O3. The summed E-state index contributed by atoms with van der Waals surface area (Å²) in [7, 11) is 0. The molecule has 1 aromatic rings. The van der Waals surface area contributed by atoms with Gasteiger partial charge in [0, 0.05) is 11.2 Å². The quantitative estimate of drug-likeness (QED) is 0.748. The van der Waals surface area contributed by atoms with Crippen LogP contribution in [0.15, 0.2) is 18.2 Å². The molecule has 1 atom stereocenters. The highest BCUT2D eigenvalue weighted by Crippen LogP contribution is 2.43. The second-order valence-electron chi connectivity index (χ2n) is 8.07. The fourth-order valence-electron chi connectivity index (χ4n) is 3.66. The Morgan fingerprint density at radius 1 is 1.15 bits per heavy atom. The third-order valence-electron chi connectivity index (χ3n) is 5.16. The van der Waals surface area contributed by atoms with Gasteiger partial charge in [0.2, 0.25) is 11.8 Å². The number of hydrogen-bond donors (Lipinski definition) is 3. The van der Waals surface area contributed by atoms with E-state index in [1.807, 2.05) is 73.6 Å². The molecule has 0 aliphatic carbocycles. The highest BCUT2D eigenvalue weighted by molar-refractivity contribution is 5.96. The molecule has 6 heteroatoms. The lowest BCUT2D eigenvalue weighted by Gasteiger charge is -2.35. The van der Waals surface area contributed by atoms with Gasteiger partial charge in [-0.15, -0.1) is 0 Å². The molecule has 1 unspecified atom stereocenters. The average Bonchev–Trinajstić information content (AvgIpc) is 2.77. The zero-order valence-corrected chi connectivity index (χ0v) is 17.9. The van der Waals surface area contributed by atoms with Crippen molar-refractivity contribution in [3.05, 3.63) is 29.3 Å². The zero-order valence-electron chi connectivity index (χ0n) is 17.9. The molecule has 1 aliphatic heterocycles. The van der Waals surface area contributed by atoms with Crippen LogP contribution in [-0.4, -0.2) is 39.7 Å². The van der Waals surface area contributed by atoms with Crippen LogP contribution in [0.25, 0.3) is 0 Å². The Morgan fingerprint density at radius 2 is 1.67 bits per heavy atom. The smallest absolute Gasteiger partial charge is 0.243 e. The van der Waals surface area contributed by atoms with Crippen molar-refractivity contribution in [2.45, 2.75) is 72.9 Å². The van der Waals surface area contributed by atoms with E-state index in [0.717, 1.165) is 16.8 Å². The number of aryl methyl sites for hydroxylation is 2. The van der Waals surface area contributed by atoms with E-state index in [9.17, 15) is 14.8 Å². The fourth-order valence-corrected chi connectivity index (χ4v) is 3.66. The molecule has 1 saturated heterocycles. The molecule has 0 spiro atoms. The van der Waals surface area contributed by atoms with Crippen molar-refractivity contribution in [2.75, 3.05) is 11.9 Å². The maximum Gasteiger partial charge on any atom is 0.243 e. The van der Waals surface area contributed by atoms with Gasteiger partial charge in [-0.1, -0.05) is 32.0 Å². The molecule has 1 heterocycles. The third kappa shape index (κ3) is 5.08. The van der Waals surface area contributed by atoms with Crippen molar-refractivity contribution in [3.63, 3.8) is 0 Å². The molecule has 0 aromatic heterocycles. The van der Waals surface area contributed by atoms with Gasteiger partial charge >= 0.3 is 0 Å². The van der Waals surface area contributed by atoms with Crippen LogP contribution in [0.2, 0.25) is 0 Å². The first kappa shape index (κ1) is 23.1. The monoisotopic (exact) mass is 377 g/mol. The highest BCUT2D eigenvalue weighted by atomic mass is 16.5. The van der Waals surface area contributed by atoms with Gasteiger partial charge in [-0.3, -0.25) is 9.59 Å². The lowest BCUT2D eigenvalue weighted by atomic mass is 9.86. The van der Waals surface area contributed by atoms with E-state index in [0.29, 0.717) is 6.42 Å². The van der Waals surface area contributed by atoms with E-state index >= 15 is 0 Å². The Bertz CT molecular complexity index is 663. The largest absolute Gasteiger partial charge is 0.347 e. The Balaban J connectivity index is 0.00000176. The minimum Gasteiger partial charge on any atom is -0.347 e. The first-order valence-corrected chi connectivity index (χ1v) is 9.60. The molecule has 0 bridgehead atoms. The summed E-state index contributed by atoms with van der Waals surface area (Å²) in [5, 5.41) is 17.1. The number of amides is 2. The van der Waals surface area contributed by atoms with E-state index in [1.54, 1.807) is 0 Å². The molecule has 1 fully saturated rings. The number of hydroxylamine groups is 2. The van der Waals surface area contributed by atoms with Crippen LogP contribution in [0.5, 0.6) is 0 Å². The topological polar surface area (TPSA) is 81.7 Å². The van der Waals surface area contributed by atoms with Crippen LogP contribution in [0, 0.1) is 19.8 Å². The van der Waals surface area contributed by atoms with Gasteiger partial charge in [0.25, 0.3) is 0 Å². The van der Waals surface area contributed by atoms with Crippen molar-refractivity contribution < 1.29 is 14.8 Å². The molecule has 3 N–H and O–H groups in total. The summed E-state index contributed by atoms with van der Waals surface area (Å²) in [5.41, 5.74) is 1.58.